The molecule has 1 amide bonds. The van der Waals surface area contributed by atoms with Crippen LogP contribution >= 0.6 is 0 Å². The summed E-state index contributed by atoms with van der Waals surface area (Å²) < 4.78 is 5.54. The van der Waals surface area contributed by atoms with E-state index in [0.29, 0.717) is 11.3 Å². The van der Waals surface area contributed by atoms with Gasteiger partial charge in [0.15, 0.2) is 12.9 Å². The maximum absolute atomic E-state index is 12.5. The molecular formula is C18H17NO3. The highest BCUT2D eigenvalue weighted by atomic mass is 16.5. The summed E-state index contributed by atoms with van der Waals surface area (Å²) in [5.74, 6) is 0.337. The van der Waals surface area contributed by atoms with Crippen LogP contribution in [0.4, 0.5) is 5.69 Å². The predicted molar refractivity (Wildman–Crippen MR) is 84.4 cm³/mol. The molecule has 0 spiro atoms. The molecule has 0 radical (unpaired) electrons. The van der Waals surface area contributed by atoms with Crippen molar-refractivity contribution in [2.24, 2.45) is 0 Å². The van der Waals surface area contributed by atoms with Gasteiger partial charge < -0.3 is 9.64 Å². The molecule has 0 bridgehead atoms. The maximum Gasteiger partial charge on any atom is 0.265 e. The standard InChI is InChI=1S/C18H17NO3/c1-13-10-14-6-2-4-8-16(14)19(13)18(21)12-22-17-9-5-3-7-15(17)11-20/h2-9,11,13H,10,12H2,1H3/t13-/m0/s1. The van der Waals surface area contributed by atoms with E-state index in [1.165, 1.54) is 5.56 Å². The second kappa shape index (κ2) is 6.02. The van der Waals surface area contributed by atoms with Gasteiger partial charge in [0, 0.05) is 11.7 Å². The first kappa shape index (κ1) is 14.3. The van der Waals surface area contributed by atoms with E-state index in [1.807, 2.05) is 31.2 Å². The number of anilines is 1. The van der Waals surface area contributed by atoms with Gasteiger partial charge in [-0.05, 0) is 37.1 Å². The molecule has 1 atom stereocenters. The molecular weight excluding hydrogens is 278 g/mol. The molecule has 0 aromatic heterocycles. The van der Waals surface area contributed by atoms with Crippen molar-refractivity contribution in [3.8, 4) is 5.75 Å². The summed E-state index contributed by atoms with van der Waals surface area (Å²) in [6.45, 7) is 1.95. The monoisotopic (exact) mass is 295 g/mol. The average Bonchev–Trinajstić information content (AvgIpc) is 2.88. The van der Waals surface area contributed by atoms with Crippen LogP contribution in [0.2, 0.25) is 0 Å². The summed E-state index contributed by atoms with van der Waals surface area (Å²) in [4.78, 5) is 25.2. The first-order valence-electron chi connectivity index (χ1n) is 7.27. The summed E-state index contributed by atoms with van der Waals surface area (Å²) in [5.41, 5.74) is 2.58. The topological polar surface area (TPSA) is 46.6 Å². The van der Waals surface area contributed by atoms with Gasteiger partial charge >= 0.3 is 0 Å². The van der Waals surface area contributed by atoms with Gasteiger partial charge in [0.2, 0.25) is 0 Å². The Morgan fingerprint density at radius 1 is 1.23 bits per heavy atom. The molecule has 0 aliphatic carbocycles. The van der Waals surface area contributed by atoms with Crippen LogP contribution in [0.1, 0.15) is 22.8 Å². The minimum atomic E-state index is -0.0989. The lowest BCUT2D eigenvalue weighted by Gasteiger charge is -2.22. The maximum atomic E-state index is 12.5. The molecule has 4 heteroatoms. The third-order valence-corrected chi connectivity index (χ3v) is 3.87. The van der Waals surface area contributed by atoms with Crippen LogP contribution in [-0.2, 0) is 11.2 Å². The number of hydrogen-bond donors (Lipinski definition) is 0. The van der Waals surface area contributed by atoms with Crippen molar-refractivity contribution >= 4 is 17.9 Å². The van der Waals surface area contributed by atoms with Crippen LogP contribution in [0.15, 0.2) is 48.5 Å². The molecule has 3 rings (SSSR count). The van der Waals surface area contributed by atoms with Crippen LogP contribution < -0.4 is 9.64 Å². The van der Waals surface area contributed by atoms with Crippen molar-refractivity contribution < 1.29 is 14.3 Å². The Bertz CT molecular complexity index is 711. The summed E-state index contributed by atoms with van der Waals surface area (Å²) in [5, 5.41) is 0. The molecule has 1 heterocycles. The van der Waals surface area contributed by atoms with E-state index in [2.05, 4.69) is 0 Å². The molecule has 0 saturated carbocycles. The van der Waals surface area contributed by atoms with E-state index >= 15 is 0 Å². The quantitative estimate of drug-likeness (QED) is 0.815. The molecule has 2 aromatic carbocycles. The van der Waals surface area contributed by atoms with Crippen LogP contribution in [0.5, 0.6) is 5.75 Å². The zero-order valence-electron chi connectivity index (χ0n) is 12.4. The van der Waals surface area contributed by atoms with Gasteiger partial charge in [-0.2, -0.15) is 0 Å². The van der Waals surface area contributed by atoms with E-state index < -0.39 is 0 Å². The molecule has 0 fully saturated rings. The van der Waals surface area contributed by atoms with Gasteiger partial charge in [-0.25, -0.2) is 0 Å². The van der Waals surface area contributed by atoms with Crippen molar-refractivity contribution in [2.45, 2.75) is 19.4 Å². The van der Waals surface area contributed by atoms with Crippen molar-refractivity contribution in [1.29, 1.82) is 0 Å². The number of nitrogens with zero attached hydrogens (tertiary/aromatic N) is 1. The van der Waals surface area contributed by atoms with E-state index in [0.717, 1.165) is 18.4 Å². The van der Waals surface area contributed by atoms with Crippen molar-refractivity contribution in [3.05, 3.63) is 59.7 Å². The van der Waals surface area contributed by atoms with Crippen molar-refractivity contribution in [3.63, 3.8) is 0 Å². The van der Waals surface area contributed by atoms with Gasteiger partial charge in [-0.15, -0.1) is 0 Å². The highest BCUT2D eigenvalue weighted by molar-refractivity contribution is 5.97. The van der Waals surface area contributed by atoms with Gasteiger partial charge in [-0.1, -0.05) is 30.3 Å². The first-order valence-corrected chi connectivity index (χ1v) is 7.27. The third-order valence-electron chi connectivity index (χ3n) is 3.87. The first-order chi connectivity index (χ1) is 10.7. The minimum absolute atomic E-state index is 0.0798. The van der Waals surface area contributed by atoms with E-state index in [1.54, 1.807) is 29.2 Å². The van der Waals surface area contributed by atoms with Crippen molar-refractivity contribution in [1.82, 2.24) is 0 Å². The number of hydrogen-bond acceptors (Lipinski definition) is 3. The highest BCUT2D eigenvalue weighted by Crippen LogP contribution is 2.31. The number of ether oxygens (including phenoxy) is 1. The number of aldehydes is 1. The summed E-state index contributed by atoms with van der Waals surface area (Å²) in [6, 6.07) is 14.9. The van der Waals surface area contributed by atoms with E-state index in [9.17, 15) is 9.59 Å². The van der Waals surface area contributed by atoms with Gasteiger partial charge in [0.05, 0.1) is 5.56 Å². The molecule has 22 heavy (non-hydrogen) atoms. The number of fused-ring (bicyclic) bond motifs is 1. The largest absolute Gasteiger partial charge is 0.483 e. The van der Waals surface area contributed by atoms with E-state index in [4.69, 9.17) is 4.74 Å². The molecule has 2 aromatic rings. The lowest BCUT2D eigenvalue weighted by atomic mass is 10.1. The smallest absolute Gasteiger partial charge is 0.265 e. The molecule has 0 unspecified atom stereocenters. The fraction of sp³-hybridized carbons (Fsp3) is 0.222. The molecule has 1 aliphatic heterocycles. The SMILES string of the molecule is C[C@H]1Cc2ccccc2N1C(=O)COc1ccccc1C=O. The van der Waals surface area contributed by atoms with Crippen molar-refractivity contribution in [2.75, 3.05) is 11.5 Å². The predicted octanol–water partition coefficient (Wildman–Crippen LogP) is 2.86. The summed E-state index contributed by atoms with van der Waals surface area (Å²) in [6.07, 6.45) is 1.58. The third kappa shape index (κ3) is 2.60. The van der Waals surface area contributed by atoms with Crippen LogP contribution in [0.25, 0.3) is 0 Å². The second-order valence-electron chi connectivity index (χ2n) is 5.39. The Labute approximate surface area is 129 Å². The number of carbonyl (C=O) groups excluding carboxylic acids is 2. The number of carbonyl (C=O) groups is 2. The Hall–Kier alpha value is -2.62. The normalized spacial score (nSPS) is 16.2. The zero-order valence-corrected chi connectivity index (χ0v) is 12.4. The van der Waals surface area contributed by atoms with Crippen LogP contribution in [0.3, 0.4) is 0 Å². The Balaban J connectivity index is 1.74. The zero-order chi connectivity index (χ0) is 15.5. The Morgan fingerprint density at radius 2 is 1.95 bits per heavy atom. The number of amides is 1. The van der Waals surface area contributed by atoms with Gasteiger partial charge in [-0.3, -0.25) is 9.59 Å². The molecule has 0 N–H and O–H groups in total. The molecule has 112 valence electrons. The summed E-state index contributed by atoms with van der Waals surface area (Å²) >= 11 is 0. The molecule has 4 nitrogen and oxygen atoms in total. The highest BCUT2D eigenvalue weighted by Gasteiger charge is 2.30. The number of benzene rings is 2. The lowest BCUT2D eigenvalue weighted by molar-refractivity contribution is -0.120. The fourth-order valence-corrected chi connectivity index (χ4v) is 2.86. The number of rotatable bonds is 4. The lowest BCUT2D eigenvalue weighted by Crippen LogP contribution is -2.39. The Kier molecular flexibility index (Phi) is 3.92. The average molecular weight is 295 g/mol. The van der Waals surface area contributed by atoms with Gasteiger partial charge in [0.1, 0.15) is 5.75 Å². The fourth-order valence-electron chi connectivity index (χ4n) is 2.86. The van der Waals surface area contributed by atoms with E-state index in [-0.39, 0.29) is 18.6 Å². The van der Waals surface area contributed by atoms with Crippen LogP contribution in [-0.4, -0.2) is 24.8 Å². The molecule has 1 aliphatic rings. The summed E-state index contributed by atoms with van der Waals surface area (Å²) in [7, 11) is 0. The van der Waals surface area contributed by atoms with Gasteiger partial charge in [0.25, 0.3) is 5.91 Å². The number of para-hydroxylation sites is 2. The molecule has 0 saturated heterocycles. The minimum Gasteiger partial charge on any atom is -0.483 e. The second-order valence-corrected chi connectivity index (χ2v) is 5.39. The van der Waals surface area contributed by atoms with Crippen LogP contribution in [0, 0.1) is 0 Å². The Morgan fingerprint density at radius 3 is 2.77 bits per heavy atom.